The highest BCUT2D eigenvalue weighted by Crippen LogP contribution is 2.31. The highest BCUT2D eigenvalue weighted by Gasteiger charge is 2.16. The summed E-state index contributed by atoms with van der Waals surface area (Å²) in [5.74, 6) is 0.216. The van der Waals surface area contributed by atoms with Crippen LogP contribution in [0.15, 0.2) is 123 Å². The molecule has 4 aromatic rings. The van der Waals surface area contributed by atoms with Gasteiger partial charge in [0.2, 0.25) is 0 Å². The number of carbonyl (C=O) groups excluding carboxylic acids is 3. The van der Waals surface area contributed by atoms with Gasteiger partial charge in [0.25, 0.3) is 0 Å². The van der Waals surface area contributed by atoms with Crippen LogP contribution in [0.2, 0.25) is 0 Å². The van der Waals surface area contributed by atoms with E-state index < -0.39 is 18.0 Å². The van der Waals surface area contributed by atoms with Gasteiger partial charge >= 0.3 is 17.9 Å². The van der Waals surface area contributed by atoms with E-state index in [-0.39, 0.29) is 19.2 Å². The van der Waals surface area contributed by atoms with E-state index in [2.05, 4.69) is 38.8 Å². The second kappa shape index (κ2) is 29.5. The summed E-state index contributed by atoms with van der Waals surface area (Å²) in [6, 6.07) is 27.3. The third-order valence-corrected chi connectivity index (χ3v) is 9.49. The number of hydrogen-bond donors (Lipinski definition) is 1. The average molecular weight is 823 g/mol. The number of ether oxygens (including phenoxy) is 5. The van der Waals surface area contributed by atoms with Crippen molar-refractivity contribution in [3.8, 4) is 22.6 Å². The zero-order valence-electron chi connectivity index (χ0n) is 35.2. The van der Waals surface area contributed by atoms with Gasteiger partial charge in [-0.2, -0.15) is 0 Å². The second-order valence-corrected chi connectivity index (χ2v) is 14.1. The third-order valence-electron chi connectivity index (χ3n) is 9.49. The van der Waals surface area contributed by atoms with Crippen molar-refractivity contribution in [1.29, 1.82) is 0 Å². The third kappa shape index (κ3) is 18.9. The van der Waals surface area contributed by atoms with E-state index in [1.54, 1.807) is 12.1 Å². The van der Waals surface area contributed by atoms with Crippen molar-refractivity contribution in [3.63, 3.8) is 0 Å². The zero-order chi connectivity index (χ0) is 43.2. The van der Waals surface area contributed by atoms with E-state index in [9.17, 15) is 19.6 Å². The molecule has 0 amide bonds. The largest absolute Gasteiger partial charge is 0.493 e. The Morgan fingerprint density at radius 2 is 0.917 bits per heavy atom. The van der Waals surface area contributed by atoms with Crippen LogP contribution in [-0.4, -0.2) is 56.2 Å². The maximum absolute atomic E-state index is 11.1. The van der Waals surface area contributed by atoms with Crippen LogP contribution in [0.1, 0.15) is 101 Å². The fourth-order valence-electron chi connectivity index (χ4n) is 6.18. The van der Waals surface area contributed by atoms with Crippen LogP contribution in [0.4, 0.5) is 0 Å². The molecule has 0 heterocycles. The Hall–Kier alpha value is -5.71. The Bertz CT molecular complexity index is 1880. The molecule has 4 rings (SSSR count). The molecular formula is C50H62O10. The van der Waals surface area contributed by atoms with Gasteiger partial charge < -0.3 is 23.7 Å². The summed E-state index contributed by atoms with van der Waals surface area (Å²) in [7, 11) is 0. The summed E-state index contributed by atoms with van der Waals surface area (Å²) in [6.45, 7) is 14.2. The van der Waals surface area contributed by atoms with Gasteiger partial charge in [0.05, 0.1) is 33.0 Å². The van der Waals surface area contributed by atoms with Gasteiger partial charge in [-0.25, -0.2) is 19.3 Å². The van der Waals surface area contributed by atoms with Crippen LogP contribution < -0.4 is 9.47 Å². The number of carbonyl (C=O) groups is 3. The number of unbranched alkanes of at least 4 members (excludes halogenated alkanes) is 9. The molecule has 0 saturated carbocycles. The standard InChI is InChI=1S/C35H34O8.C15H28O2/c1-3-33(36)41-21-5-19-39-31-16-13-27(14-17-31)35(43-38)26-9-7-25(8-10-26)28-11-12-30-24-32(18-15-29(30)23-28)40-20-6-22-42-34(37)4-2;1-3-5-6-7-8-9-10-11-12-13-14-17-15(16)4-2/h3-4,7-18,23-24,35,38H,1-2,5-6,19-22H2;4H,2-3,5-14H2,1H3. The number of esters is 3. The predicted octanol–water partition coefficient (Wildman–Crippen LogP) is 11.7. The molecule has 0 spiro atoms. The monoisotopic (exact) mass is 822 g/mol. The van der Waals surface area contributed by atoms with Gasteiger partial charge in [0.15, 0.2) is 0 Å². The summed E-state index contributed by atoms with van der Waals surface area (Å²) in [5, 5.41) is 11.8. The average Bonchev–Trinajstić information content (AvgIpc) is 3.28. The minimum atomic E-state index is -0.662. The SMILES string of the molecule is C=CC(=O)OCCCCCCCCCCCC.C=CC(=O)OCCCOc1ccc(C(OO)c2ccc(-c3ccc4cc(OCCCOC(=O)C=C)ccc4c3)cc2)cc1. The molecule has 0 bridgehead atoms. The van der Waals surface area contributed by atoms with Crippen molar-refractivity contribution in [1.82, 2.24) is 0 Å². The van der Waals surface area contributed by atoms with E-state index >= 15 is 0 Å². The molecule has 1 N–H and O–H groups in total. The molecule has 322 valence electrons. The molecular weight excluding hydrogens is 761 g/mol. The topological polar surface area (TPSA) is 127 Å². The molecule has 0 aliphatic carbocycles. The van der Waals surface area contributed by atoms with Crippen LogP contribution in [0.3, 0.4) is 0 Å². The van der Waals surface area contributed by atoms with Crippen molar-refractivity contribution >= 4 is 28.7 Å². The molecule has 10 nitrogen and oxygen atoms in total. The Labute approximate surface area is 355 Å². The first kappa shape index (κ1) is 48.7. The van der Waals surface area contributed by atoms with E-state index in [0.29, 0.717) is 38.4 Å². The minimum absolute atomic E-state index is 0.258. The quantitative estimate of drug-likeness (QED) is 0.0148. The molecule has 0 saturated heterocycles. The predicted molar refractivity (Wildman–Crippen MR) is 237 cm³/mol. The minimum Gasteiger partial charge on any atom is -0.493 e. The van der Waals surface area contributed by atoms with Crippen molar-refractivity contribution in [3.05, 3.63) is 134 Å². The number of fused-ring (bicyclic) bond motifs is 1. The Morgan fingerprint density at radius 1 is 0.500 bits per heavy atom. The van der Waals surface area contributed by atoms with E-state index in [1.807, 2.05) is 60.7 Å². The summed E-state index contributed by atoms with van der Waals surface area (Å²) >= 11 is 0. The van der Waals surface area contributed by atoms with E-state index in [4.69, 9.17) is 28.6 Å². The zero-order valence-corrected chi connectivity index (χ0v) is 35.2. The number of benzene rings is 4. The summed E-state index contributed by atoms with van der Waals surface area (Å²) in [6.07, 6.45) is 16.9. The molecule has 10 heteroatoms. The maximum Gasteiger partial charge on any atom is 0.330 e. The summed E-state index contributed by atoms with van der Waals surface area (Å²) < 4.78 is 26.3. The summed E-state index contributed by atoms with van der Waals surface area (Å²) in [5.41, 5.74) is 3.65. The van der Waals surface area contributed by atoms with E-state index in [1.165, 1.54) is 63.9 Å². The molecule has 1 atom stereocenters. The molecule has 1 unspecified atom stereocenters. The Balaban J connectivity index is 0.000000477. The first-order valence-electron chi connectivity index (χ1n) is 21.0. The molecule has 0 fully saturated rings. The first-order chi connectivity index (χ1) is 29.3. The van der Waals surface area contributed by atoms with Crippen LogP contribution in [0.25, 0.3) is 21.9 Å². The van der Waals surface area contributed by atoms with Crippen LogP contribution >= 0.6 is 0 Å². The van der Waals surface area contributed by atoms with Crippen molar-refractivity contribution in [2.75, 3.05) is 33.0 Å². The van der Waals surface area contributed by atoms with Gasteiger partial charge in [0, 0.05) is 31.1 Å². The van der Waals surface area contributed by atoms with Crippen LogP contribution in [0, 0.1) is 0 Å². The molecule has 4 aromatic carbocycles. The van der Waals surface area contributed by atoms with Crippen molar-refractivity contribution < 1.29 is 48.2 Å². The smallest absolute Gasteiger partial charge is 0.330 e. The van der Waals surface area contributed by atoms with Crippen LogP contribution in [0.5, 0.6) is 11.5 Å². The second-order valence-electron chi connectivity index (χ2n) is 14.1. The van der Waals surface area contributed by atoms with Crippen molar-refractivity contribution in [2.24, 2.45) is 0 Å². The lowest BCUT2D eigenvalue weighted by molar-refractivity contribution is -0.270. The highest BCUT2D eigenvalue weighted by molar-refractivity contribution is 5.88. The van der Waals surface area contributed by atoms with Gasteiger partial charge in [-0.15, -0.1) is 0 Å². The van der Waals surface area contributed by atoms with E-state index in [0.717, 1.165) is 57.3 Å². The highest BCUT2D eigenvalue weighted by atomic mass is 17.1. The Morgan fingerprint density at radius 3 is 1.43 bits per heavy atom. The van der Waals surface area contributed by atoms with Gasteiger partial charge in [0.1, 0.15) is 17.6 Å². The fourth-order valence-corrected chi connectivity index (χ4v) is 6.18. The normalized spacial score (nSPS) is 11.0. The number of rotatable bonds is 28. The van der Waals surface area contributed by atoms with Crippen LogP contribution in [-0.2, 0) is 33.5 Å². The number of hydrogen-bond acceptors (Lipinski definition) is 10. The van der Waals surface area contributed by atoms with Gasteiger partial charge in [-0.05, 0) is 69.8 Å². The maximum atomic E-state index is 11.1. The molecule has 0 aliphatic heterocycles. The molecule has 0 aromatic heterocycles. The van der Waals surface area contributed by atoms with Crippen molar-refractivity contribution in [2.45, 2.75) is 90.1 Å². The lowest BCUT2D eigenvalue weighted by Crippen LogP contribution is -2.07. The fraction of sp³-hybridized carbons (Fsp3) is 0.380. The first-order valence-corrected chi connectivity index (χ1v) is 21.0. The lowest BCUT2D eigenvalue weighted by Gasteiger charge is -2.16. The van der Waals surface area contributed by atoms with Gasteiger partial charge in [-0.3, -0.25) is 5.26 Å². The molecule has 0 radical (unpaired) electrons. The molecule has 0 aliphatic rings. The Kier molecular flexibility index (Phi) is 23.9. The summed E-state index contributed by atoms with van der Waals surface area (Å²) in [4.78, 5) is 37.7. The molecule has 60 heavy (non-hydrogen) atoms. The lowest BCUT2D eigenvalue weighted by atomic mass is 9.97. The van der Waals surface area contributed by atoms with Gasteiger partial charge in [-0.1, -0.05) is 139 Å².